The van der Waals surface area contributed by atoms with E-state index in [0.29, 0.717) is 19.4 Å². The highest BCUT2D eigenvalue weighted by atomic mass is 79.9. The van der Waals surface area contributed by atoms with Crippen molar-refractivity contribution in [2.24, 2.45) is 0 Å². The van der Waals surface area contributed by atoms with Crippen molar-refractivity contribution >= 4 is 27.8 Å². The number of halogens is 1. The van der Waals surface area contributed by atoms with Crippen LogP contribution in [-0.4, -0.2) is 39.3 Å². The van der Waals surface area contributed by atoms with Gasteiger partial charge in [0.2, 0.25) is 5.91 Å². The number of hydrogen-bond donors (Lipinski definition) is 1. The first-order chi connectivity index (χ1) is 6.06. The van der Waals surface area contributed by atoms with Gasteiger partial charge in [0.1, 0.15) is 6.04 Å². The van der Waals surface area contributed by atoms with Gasteiger partial charge in [-0.05, 0) is 6.42 Å². The van der Waals surface area contributed by atoms with E-state index < -0.39 is 12.0 Å². The Balaban J connectivity index is 2.69. The van der Waals surface area contributed by atoms with Gasteiger partial charge in [-0.15, -0.1) is 0 Å². The van der Waals surface area contributed by atoms with Gasteiger partial charge in [0.05, 0.1) is 0 Å². The minimum absolute atomic E-state index is 0.0730. The van der Waals surface area contributed by atoms with Crippen LogP contribution in [0.3, 0.4) is 0 Å². The summed E-state index contributed by atoms with van der Waals surface area (Å²) in [5.74, 6) is -0.992. The summed E-state index contributed by atoms with van der Waals surface area (Å²) in [6.45, 7) is 2.28. The molecule has 0 spiro atoms. The van der Waals surface area contributed by atoms with Crippen molar-refractivity contribution in [2.45, 2.75) is 30.6 Å². The van der Waals surface area contributed by atoms with E-state index in [4.69, 9.17) is 5.11 Å². The molecule has 1 aliphatic heterocycles. The van der Waals surface area contributed by atoms with Gasteiger partial charge in [0.25, 0.3) is 0 Å². The Morgan fingerprint density at radius 2 is 2.46 bits per heavy atom. The second kappa shape index (κ2) is 4.09. The predicted octanol–water partition coefficient (Wildman–Crippen LogP) is 0.845. The maximum Gasteiger partial charge on any atom is 0.326 e. The average molecular weight is 250 g/mol. The first kappa shape index (κ1) is 10.5. The molecule has 0 aromatic carbocycles. The van der Waals surface area contributed by atoms with E-state index in [0.717, 1.165) is 0 Å². The molecule has 1 saturated heterocycles. The van der Waals surface area contributed by atoms with Crippen LogP contribution in [0.1, 0.15) is 19.8 Å². The largest absolute Gasteiger partial charge is 0.480 e. The Labute approximate surface area is 85.0 Å². The van der Waals surface area contributed by atoms with Gasteiger partial charge in [0.15, 0.2) is 0 Å². The van der Waals surface area contributed by atoms with Gasteiger partial charge >= 0.3 is 5.97 Å². The summed E-state index contributed by atoms with van der Waals surface area (Å²) in [7, 11) is 0. The normalized spacial score (nSPS) is 24.9. The molecule has 0 aromatic heterocycles. The van der Waals surface area contributed by atoms with Crippen molar-refractivity contribution in [2.75, 3.05) is 6.54 Å². The molecule has 1 unspecified atom stereocenters. The lowest BCUT2D eigenvalue weighted by atomic mass is 10.2. The standard InChI is InChI=1S/C8H12BrNO3/c1-2-6(8(12)13)10-4-5(9)3-7(10)11/h5-6H,2-4H2,1H3,(H,12,13)/t5?,6-/m0/s1. The molecular formula is C8H12BrNO3. The molecule has 0 bridgehead atoms. The van der Waals surface area contributed by atoms with Gasteiger partial charge in [0, 0.05) is 17.8 Å². The van der Waals surface area contributed by atoms with Gasteiger partial charge in [-0.1, -0.05) is 22.9 Å². The molecule has 4 nitrogen and oxygen atoms in total. The number of nitrogens with zero attached hydrogens (tertiary/aromatic N) is 1. The zero-order valence-corrected chi connectivity index (χ0v) is 8.95. The lowest BCUT2D eigenvalue weighted by molar-refractivity contribution is -0.148. The molecule has 2 atom stereocenters. The number of likely N-dealkylation sites (tertiary alicyclic amines) is 1. The Kier molecular flexibility index (Phi) is 3.30. The molecule has 1 heterocycles. The van der Waals surface area contributed by atoms with E-state index >= 15 is 0 Å². The summed E-state index contributed by atoms with van der Waals surface area (Å²) in [6, 6.07) is -0.657. The SMILES string of the molecule is CC[C@@H](C(=O)O)N1CC(Br)CC1=O. The monoisotopic (exact) mass is 249 g/mol. The van der Waals surface area contributed by atoms with Crippen molar-refractivity contribution < 1.29 is 14.7 Å². The first-order valence-electron chi connectivity index (χ1n) is 4.22. The summed E-state index contributed by atoms with van der Waals surface area (Å²) in [5.41, 5.74) is 0. The highest BCUT2D eigenvalue weighted by Crippen LogP contribution is 2.21. The quantitative estimate of drug-likeness (QED) is 0.755. The fraction of sp³-hybridized carbons (Fsp3) is 0.750. The van der Waals surface area contributed by atoms with E-state index in [1.54, 1.807) is 6.92 Å². The van der Waals surface area contributed by atoms with Crippen molar-refractivity contribution in [3.8, 4) is 0 Å². The summed E-state index contributed by atoms with van der Waals surface area (Å²) in [4.78, 5) is 23.6. The van der Waals surface area contributed by atoms with E-state index in [9.17, 15) is 9.59 Å². The molecule has 0 saturated carbocycles. The first-order valence-corrected chi connectivity index (χ1v) is 5.14. The molecule has 5 heteroatoms. The van der Waals surface area contributed by atoms with Crippen LogP contribution in [0.15, 0.2) is 0 Å². The maximum absolute atomic E-state index is 11.3. The molecule has 0 aromatic rings. The molecule has 13 heavy (non-hydrogen) atoms. The number of alkyl halides is 1. The molecule has 1 amide bonds. The van der Waals surface area contributed by atoms with Crippen molar-refractivity contribution in [3.63, 3.8) is 0 Å². The minimum atomic E-state index is -0.919. The third kappa shape index (κ3) is 2.21. The number of rotatable bonds is 3. The van der Waals surface area contributed by atoms with E-state index in [1.807, 2.05) is 0 Å². The van der Waals surface area contributed by atoms with Crippen LogP contribution >= 0.6 is 15.9 Å². The minimum Gasteiger partial charge on any atom is -0.480 e. The van der Waals surface area contributed by atoms with Crippen molar-refractivity contribution in [1.29, 1.82) is 0 Å². The summed E-state index contributed by atoms with van der Waals surface area (Å²) < 4.78 is 0. The number of hydrogen-bond acceptors (Lipinski definition) is 2. The van der Waals surface area contributed by atoms with Crippen LogP contribution < -0.4 is 0 Å². The zero-order chi connectivity index (χ0) is 10.0. The Bertz CT molecular complexity index is 231. The van der Waals surface area contributed by atoms with Gasteiger partial charge in [-0.3, -0.25) is 4.79 Å². The number of amides is 1. The van der Waals surface area contributed by atoms with Crippen LogP contribution in [-0.2, 0) is 9.59 Å². The highest BCUT2D eigenvalue weighted by Gasteiger charge is 2.35. The second-order valence-corrected chi connectivity index (χ2v) is 4.40. The number of aliphatic carboxylic acids is 1. The molecular weight excluding hydrogens is 238 g/mol. The fourth-order valence-electron chi connectivity index (χ4n) is 1.52. The topological polar surface area (TPSA) is 57.6 Å². The van der Waals surface area contributed by atoms with Crippen LogP contribution in [0.25, 0.3) is 0 Å². The average Bonchev–Trinajstić information content (AvgIpc) is 2.31. The summed E-state index contributed by atoms with van der Waals surface area (Å²) >= 11 is 3.31. The summed E-state index contributed by atoms with van der Waals surface area (Å²) in [6.07, 6.45) is 0.866. The van der Waals surface area contributed by atoms with E-state index in [2.05, 4.69) is 15.9 Å². The lowest BCUT2D eigenvalue weighted by Gasteiger charge is -2.22. The Hall–Kier alpha value is -0.580. The van der Waals surface area contributed by atoms with Gasteiger partial charge in [-0.25, -0.2) is 4.79 Å². The molecule has 74 valence electrons. The third-order valence-corrected chi connectivity index (χ3v) is 2.77. The smallest absolute Gasteiger partial charge is 0.326 e. The summed E-state index contributed by atoms with van der Waals surface area (Å²) in [5, 5.41) is 8.83. The van der Waals surface area contributed by atoms with Gasteiger partial charge < -0.3 is 10.0 Å². The highest BCUT2D eigenvalue weighted by molar-refractivity contribution is 9.09. The Morgan fingerprint density at radius 1 is 1.85 bits per heavy atom. The maximum atomic E-state index is 11.3. The molecule has 0 aliphatic carbocycles. The number of carboxylic acids is 1. The second-order valence-electron chi connectivity index (χ2n) is 3.11. The number of carboxylic acid groups (broad SMARTS) is 1. The third-order valence-electron chi connectivity index (χ3n) is 2.16. The van der Waals surface area contributed by atoms with Crippen LogP contribution in [0.2, 0.25) is 0 Å². The van der Waals surface area contributed by atoms with E-state index in [-0.39, 0.29) is 10.7 Å². The lowest BCUT2D eigenvalue weighted by Crippen LogP contribution is -2.41. The zero-order valence-electron chi connectivity index (χ0n) is 7.36. The van der Waals surface area contributed by atoms with Crippen molar-refractivity contribution in [1.82, 2.24) is 4.90 Å². The van der Waals surface area contributed by atoms with Crippen molar-refractivity contribution in [3.05, 3.63) is 0 Å². The van der Waals surface area contributed by atoms with Crippen LogP contribution in [0.4, 0.5) is 0 Å². The fourth-order valence-corrected chi connectivity index (χ4v) is 2.10. The number of carbonyl (C=O) groups is 2. The van der Waals surface area contributed by atoms with Crippen LogP contribution in [0, 0.1) is 0 Å². The molecule has 1 rings (SSSR count). The molecule has 1 N–H and O–H groups in total. The van der Waals surface area contributed by atoms with Crippen LogP contribution in [0.5, 0.6) is 0 Å². The van der Waals surface area contributed by atoms with Gasteiger partial charge in [-0.2, -0.15) is 0 Å². The van der Waals surface area contributed by atoms with E-state index in [1.165, 1.54) is 4.90 Å². The Morgan fingerprint density at radius 3 is 2.77 bits per heavy atom. The molecule has 0 radical (unpaired) electrons. The molecule has 1 fully saturated rings. The number of carbonyl (C=O) groups excluding carboxylic acids is 1. The molecule has 1 aliphatic rings. The predicted molar refractivity (Wildman–Crippen MR) is 50.8 cm³/mol.